The van der Waals surface area contributed by atoms with Gasteiger partial charge in [-0.2, -0.15) is 12.6 Å². The molecule has 0 radical (unpaired) electrons. The molecule has 0 fully saturated rings. The standard InChI is InChI=1S/C7H12N2O2S/c1-3-9-6(10)5(4-12)8(2)7(9)11/h10,12H,3-4H2,1-2H3. The monoisotopic (exact) mass is 188 g/mol. The molecule has 1 aromatic heterocycles. The van der Waals surface area contributed by atoms with Crippen LogP contribution in [0, 0.1) is 0 Å². The van der Waals surface area contributed by atoms with Gasteiger partial charge in [-0.25, -0.2) is 4.79 Å². The summed E-state index contributed by atoms with van der Waals surface area (Å²) in [5.41, 5.74) is 0.365. The molecule has 4 nitrogen and oxygen atoms in total. The fourth-order valence-corrected chi connectivity index (χ4v) is 1.51. The second kappa shape index (κ2) is 3.26. The lowest BCUT2D eigenvalue weighted by Gasteiger charge is -1.96. The number of hydrogen-bond acceptors (Lipinski definition) is 3. The van der Waals surface area contributed by atoms with Gasteiger partial charge in [-0.15, -0.1) is 0 Å². The van der Waals surface area contributed by atoms with Crippen molar-refractivity contribution in [1.29, 1.82) is 0 Å². The maximum absolute atomic E-state index is 11.3. The highest BCUT2D eigenvalue weighted by molar-refractivity contribution is 7.79. The van der Waals surface area contributed by atoms with Crippen LogP contribution in [0.2, 0.25) is 0 Å². The molecule has 0 bridgehead atoms. The number of aromatic hydroxyl groups is 1. The molecule has 5 heteroatoms. The lowest BCUT2D eigenvalue weighted by Crippen LogP contribution is -2.21. The van der Waals surface area contributed by atoms with E-state index in [-0.39, 0.29) is 11.6 Å². The summed E-state index contributed by atoms with van der Waals surface area (Å²) in [6.07, 6.45) is 0. The summed E-state index contributed by atoms with van der Waals surface area (Å²) < 4.78 is 2.72. The highest BCUT2D eigenvalue weighted by Gasteiger charge is 2.13. The Hall–Kier alpha value is -0.840. The molecule has 1 N–H and O–H groups in total. The van der Waals surface area contributed by atoms with Gasteiger partial charge >= 0.3 is 5.69 Å². The third kappa shape index (κ3) is 1.14. The van der Waals surface area contributed by atoms with E-state index >= 15 is 0 Å². The molecule has 0 saturated carbocycles. The van der Waals surface area contributed by atoms with Crippen molar-refractivity contribution in [1.82, 2.24) is 9.13 Å². The SMILES string of the molecule is CCn1c(O)c(CS)n(C)c1=O. The van der Waals surface area contributed by atoms with Crippen molar-refractivity contribution in [3.8, 4) is 5.88 Å². The zero-order chi connectivity index (χ0) is 9.30. The van der Waals surface area contributed by atoms with Crippen molar-refractivity contribution in [2.24, 2.45) is 7.05 Å². The molecule has 0 aromatic carbocycles. The molecule has 0 aliphatic rings. The van der Waals surface area contributed by atoms with Gasteiger partial charge in [0.15, 0.2) is 0 Å². The van der Waals surface area contributed by atoms with Crippen molar-refractivity contribution in [3.05, 3.63) is 16.2 Å². The van der Waals surface area contributed by atoms with E-state index in [4.69, 9.17) is 0 Å². The molecule has 1 aromatic rings. The number of aromatic nitrogens is 2. The molecule has 0 saturated heterocycles. The third-order valence-corrected chi connectivity index (χ3v) is 2.20. The van der Waals surface area contributed by atoms with Crippen LogP contribution in [0.5, 0.6) is 5.88 Å². The zero-order valence-electron chi connectivity index (χ0n) is 7.11. The summed E-state index contributed by atoms with van der Waals surface area (Å²) in [4.78, 5) is 11.3. The molecule has 0 aliphatic carbocycles. The predicted octanol–water partition coefficient (Wildman–Crippen LogP) is 0.342. The van der Waals surface area contributed by atoms with Gasteiger partial charge in [-0.05, 0) is 6.92 Å². The van der Waals surface area contributed by atoms with E-state index in [1.807, 2.05) is 6.92 Å². The van der Waals surface area contributed by atoms with Gasteiger partial charge < -0.3 is 5.11 Å². The number of rotatable bonds is 2. The minimum atomic E-state index is -0.195. The molecule has 1 heterocycles. The maximum atomic E-state index is 11.3. The maximum Gasteiger partial charge on any atom is 0.331 e. The van der Waals surface area contributed by atoms with Crippen molar-refractivity contribution in [2.75, 3.05) is 0 Å². The van der Waals surface area contributed by atoms with Gasteiger partial charge in [0.1, 0.15) is 0 Å². The first-order valence-electron chi connectivity index (χ1n) is 3.71. The van der Waals surface area contributed by atoms with E-state index in [2.05, 4.69) is 12.6 Å². The molecule has 68 valence electrons. The first-order chi connectivity index (χ1) is 5.63. The van der Waals surface area contributed by atoms with Gasteiger partial charge in [0.2, 0.25) is 5.88 Å². The molecule has 1 rings (SSSR count). The number of nitrogens with zero attached hydrogens (tertiary/aromatic N) is 2. The van der Waals surface area contributed by atoms with Crippen LogP contribution < -0.4 is 5.69 Å². The van der Waals surface area contributed by atoms with Crippen LogP contribution in [0.25, 0.3) is 0 Å². The summed E-state index contributed by atoms with van der Waals surface area (Å²) in [6, 6.07) is 0. The molecule has 0 unspecified atom stereocenters. The van der Waals surface area contributed by atoms with E-state index in [0.717, 1.165) is 0 Å². The van der Waals surface area contributed by atoms with Gasteiger partial charge in [-0.1, -0.05) is 0 Å². The summed E-state index contributed by atoms with van der Waals surface area (Å²) in [7, 11) is 1.62. The molecule has 0 aliphatic heterocycles. The number of hydrogen-bond donors (Lipinski definition) is 2. The summed E-state index contributed by atoms with van der Waals surface area (Å²) >= 11 is 4.02. The Labute approximate surface area is 75.9 Å². The molecule has 0 atom stereocenters. The Morgan fingerprint density at radius 1 is 1.58 bits per heavy atom. The Balaban J connectivity index is 3.43. The van der Waals surface area contributed by atoms with Crippen LogP contribution in [0.4, 0.5) is 0 Å². The third-order valence-electron chi connectivity index (χ3n) is 1.90. The normalized spacial score (nSPS) is 10.6. The van der Waals surface area contributed by atoms with E-state index in [1.54, 1.807) is 7.05 Å². The largest absolute Gasteiger partial charge is 0.493 e. The van der Waals surface area contributed by atoms with E-state index in [1.165, 1.54) is 9.13 Å². The first kappa shape index (κ1) is 9.25. The van der Waals surface area contributed by atoms with Crippen molar-refractivity contribution in [3.63, 3.8) is 0 Å². The van der Waals surface area contributed by atoms with E-state index in [9.17, 15) is 9.90 Å². The van der Waals surface area contributed by atoms with Crippen LogP contribution in [0.3, 0.4) is 0 Å². The lowest BCUT2D eigenvalue weighted by atomic mass is 10.5. The number of imidazole rings is 1. The highest BCUT2D eigenvalue weighted by Crippen LogP contribution is 2.15. The van der Waals surface area contributed by atoms with Crippen LogP contribution in [0.15, 0.2) is 4.79 Å². The second-order valence-corrected chi connectivity index (χ2v) is 2.83. The summed E-state index contributed by atoms with van der Waals surface area (Å²) in [5.74, 6) is 0.393. The van der Waals surface area contributed by atoms with Crippen LogP contribution in [-0.4, -0.2) is 14.2 Å². The second-order valence-electron chi connectivity index (χ2n) is 2.51. The topological polar surface area (TPSA) is 47.2 Å². The molecule has 0 amide bonds. The fourth-order valence-electron chi connectivity index (χ4n) is 1.15. The Morgan fingerprint density at radius 2 is 2.17 bits per heavy atom. The van der Waals surface area contributed by atoms with Crippen LogP contribution in [-0.2, 0) is 19.3 Å². The van der Waals surface area contributed by atoms with Crippen LogP contribution >= 0.6 is 12.6 Å². The van der Waals surface area contributed by atoms with Crippen molar-refractivity contribution in [2.45, 2.75) is 19.2 Å². The van der Waals surface area contributed by atoms with Gasteiger partial charge in [0.05, 0.1) is 5.69 Å². The van der Waals surface area contributed by atoms with E-state index in [0.29, 0.717) is 18.0 Å². The predicted molar refractivity (Wildman–Crippen MR) is 49.7 cm³/mol. The smallest absolute Gasteiger partial charge is 0.331 e. The Kier molecular flexibility index (Phi) is 2.52. The van der Waals surface area contributed by atoms with Crippen molar-refractivity contribution < 1.29 is 5.11 Å². The Bertz CT molecular complexity index is 340. The zero-order valence-corrected chi connectivity index (χ0v) is 8.01. The van der Waals surface area contributed by atoms with Gasteiger partial charge in [-0.3, -0.25) is 9.13 Å². The van der Waals surface area contributed by atoms with E-state index < -0.39 is 0 Å². The molecular formula is C7H12N2O2S. The quantitative estimate of drug-likeness (QED) is 0.658. The molecule has 12 heavy (non-hydrogen) atoms. The lowest BCUT2D eigenvalue weighted by molar-refractivity contribution is 0.414. The van der Waals surface area contributed by atoms with Gasteiger partial charge in [0.25, 0.3) is 0 Å². The van der Waals surface area contributed by atoms with Gasteiger partial charge in [0, 0.05) is 19.3 Å². The molecule has 0 spiro atoms. The average Bonchev–Trinajstić information content (AvgIpc) is 2.25. The van der Waals surface area contributed by atoms with Crippen molar-refractivity contribution >= 4 is 12.6 Å². The van der Waals surface area contributed by atoms with Crippen LogP contribution in [0.1, 0.15) is 12.6 Å². The number of thiol groups is 1. The minimum absolute atomic E-state index is 0.0278. The average molecular weight is 188 g/mol. The minimum Gasteiger partial charge on any atom is -0.493 e. The molecular weight excluding hydrogens is 176 g/mol. The fraction of sp³-hybridized carbons (Fsp3) is 0.571. The first-order valence-corrected chi connectivity index (χ1v) is 4.34. The summed E-state index contributed by atoms with van der Waals surface area (Å²) in [6.45, 7) is 2.29. The summed E-state index contributed by atoms with van der Waals surface area (Å²) in [5, 5.41) is 9.48. The highest BCUT2D eigenvalue weighted by atomic mass is 32.1. The Morgan fingerprint density at radius 3 is 2.42 bits per heavy atom.